The molecule has 1 aromatic rings. The molecule has 1 unspecified atom stereocenters. The lowest BCUT2D eigenvalue weighted by molar-refractivity contribution is 0.189. The van der Waals surface area contributed by atoms with Gasteiger partial charge in [0.15, 0.2) is 0 Å². The minimum atomic E-state index is -0.0182. The van der Waals surface area contributed by atoms with Crippen molar-refractivity contribution in [1.29, 1.82) is 0 Å². The maximum Gasteiger partial charge on any atom is 0.248 e. The van der Waals surface area contributed by atoms with Crippen LogP contribution in [0, 0.1) is 19.8 Å². The van der Waals surface area contributed by atoms with Gasteiger partial charge in [-0.1, -0.05) is 6.92 Å². The first-order valence-corrected chi connectivity index (χ1v) is 7.27. The molecule has 1 aliphatic rings. The molecule has 2 N–H and O–H groups in total. The first-order chi connectivity index (χ1) is 9.10. The molecule has 4 nitrogen and oxygen atoms in total. The van der Waals surface area contributed by atoms with Crippen molar-refractivity contribution >= 4 is 5.69 Å². The van der Waals surface area contributed by atoms with Gasteiger partial charge < -0.3 is 15.2 Å². The second kappa shape index (κ2) is 6.24. The third kappa shape index (κ3) is 3.60. The van der Waals surface area contributed by atoms with Crippen molar-refractivity contribution in [3.05, 3.63) is 27.7 Å². The molecular weight excluding hydrogens is 238 g/mol. The summed E-state index contributed by atoms with van der Waals surface area (Å²) in [4.78, 5) is 16.7. The Morgan fingerprint density at radius 1 is 1.47 bits per heavy atom. The van der Waals surface area contributed by atoms with E-state index < -0.39 is 0 Å². The molecule has 19 heavy (non-hydrogen) atoms. The normalized spacial score (nSPS) is 20.5. The summed E-state index contributed by atoms with van der Waals surface area (Å²) in [7, 11) is 0. The molecule has 106 valence electrons. The Morgan fingerprint density at radius 2 is 2.26 bits per heavy atom. The number of hydrogen-bond acceptors (Lipinski definition) is 3. The average Bonchev–Trinajstić information content (AvgIpc) is 2.37. The molecule has 2 rings (SSSR count). The summed E-state index contributed by atoms with van der Waals surface area (Å²) in [6, 6.07) is 1.66. The molecule has 0 amide bonds. The van der Waals surface area contributed by atoms with Crippen molar-refractivity contribution in [1.82, 2.24) is 9.88 Å². The standard InChI is InChI=1S/C15H25N3O/c1-4-18-7-5-6-13(10-18)9-16-15-11(2)8-14(19)17-12(15)3/h8,13,16H,4-7,9-10H2,1-3H3,(H,17,19). The van der Waals surface area contributed by atoms with Crippen LogP contribution in [0.4, 0.5) is 5.69 Å². The number of nitrogens with one attached hydrogen (secondary N) is 2. The smallest absolute Gasteiger partial charge is 0.248 e. The highest BCUT2D eigenvalue weighted by atomic mass is 16.1. The minimum Gasteiger partial charge on any atom is -0.383 e. The summed E-state index contributed by atoms with van der Waals surface area (Å²) in [5.41, 5.74) is 3.04. The second-order valence-electron chi connectivity index (χ2n) is 5.60. The van der Waals surface area contributed by atoms with E-state index in [0.29, 0.717) is 5.92 Å². The minimum absolute atomic E-state index is 0.0182. The molecule has 2 heterocycles. The molecule has 0 radical (unpaired) electrons. The van der Waals surface area contributed by atoms with E-state index in [-0.39, 0.29) is 5.56 Å². The van der Waals surface area contributed by atoms with E-state index in [2.05, 4.69) is 22.1 Å². The fourth-order valence-corrected chi connectivity index (χ4v) is 2.97. The lowest BCUT2D eigenvalue weighted by Gasteiger charge is -2.32. The third-order valence-corrected chi connectivity index (χ3v) is 4.05. The van der Waals surface area contributed by atoms with E-state index in [1.165, 1.54) is 25.9 Å². The van der Waals surface area contributed by atoms with Gasteiger partial charge in [0.1, 0.15) is 0 Å². The number of aryl methyl sites for hydroxylation is 2. The summed E-state index contributed by atoms with van der Waals surface area (Å²) in [5.74, 6) is 0.708. The molecule has 0 aromatic carbocycles. The van der Waals surface area contributed by atoms with Gasteiger partial charge in [0.2, 0.25) is 5.56 Å². The van der Waals surface area contributed by atoms with Crippen molar-refractivity contribution in [2.45, 2.75) is 33.6 Å². The van der Waals surface area contributed by atoms with E-state index >= 15 is 0 Å². The van der Waals surface area contributed by atoms with Crippen LogP contribution in [0.2, 0.25) is 0 Å². The lowest BCUT2D eigenvalue weighted by atomic mass is 9.98. The highest BCUT2D eigenvalue weighted by Gasteiger charge is 2.18. The zero-order valence-corrected chi connectivity index (χ0v) is 12.3. The van der Waals surface area contributed by atoms with E-state index in [1.54, 1.807) is 6.07 Å². The average molecular weight is 263 g/mol. The van der Waals surface area contributed by atoms with E-state index in [1.807, 2.05) is 13.8 Å². The third-order valence-electron chi connectivity index (χ3n) is 4.05. The Kier molecular flexibility index (Phi) is 4.64. The summed E-state index contributed by atoms with van der Waals surface area (Å²) in [5, 5.41) is 3.53. The molecule has 1 aromatic heterocycles. The molecule has 0 bridgehead atoms. The lowest BCUT2D eigenvalue weighted by Crippen LogP contribution is -2.37. The maximum atomic E-state index is 11.4. The first kappa shape index (κ1) is 14.1. The summed E-state index contributed by atoms with van der Waals surface area (Å²) >= 11 is 0. The highest BCUT2D eigenvalue weighted by molar-refractivity contribution is 5.53. The predicted octanol–water partition coefficient (Wildman–Crippen LogP) is 2.14. The van der Waals surface area contributed by atoms with Crippen LogP contribution in [0.3, 0.4) is 0 Å². The molecule has 1 saturated heterocycles. The number of likely N-dealkylation sites (tertiary alicyclic amines) is 1. The van der Waals surface area contributed by atoms with Crippen molar-refractivity contribution < 1.29 is 0 Å². The first-order valence-electron chi connectivity index (χ1n) is 7.27. The van der Waals surface area contributed by atoms with Gasteiger partial charge in [0, 0.05) is 24.8 Å². The zero-order valence-electron chi connectivity index (χ0n) is 12.3. The van der Waals surface area contributed by atoms with Crippen LogP contribution in [-0.4, -0.2) is 36.1 Å². The monoisotopic (exact) mass is 263 g/mol. The summed E-state index contributed by atoms with van der Waals surface area (Å²) in [6.07, 6.45) is 2.59. The fraction of sp³-hybridized carbons (Fsp3) is 0.667. The number of nitrogens with zero attached hydrogens (tertiary/aromatic N) is 1. The largest absolute Gasteiger partial charge is 0.383 e. The number of hydrogen-bond donors (Lipinski definition) is 2. The molecule has 0 saturated carbocycles. The van der Waals surface area contributed by atoms with Crippen LogP contribution in [0.5, 0.6) is 0 Å². The van der Waals surface area contributed by atoms with Crippen molar-refractivity contribution in [2.75, 3.05) is 31.5 Å². The molecule has 1 atom stereocenters. The van der Waals surface area contributed by atoms with E-state index in [4.69, 9.17) is 0 Å². The van der Waals surface area contributed by atoms with E-state index in [9.17, 15) is 4.79 Å². The van der Waals surface area contributed by atoms with Crippen molar-refractivity contribution in [3.8, 4) is 0 Å². The summed E-state index contributed by atoms with van der Waals surface area (Å²) in [6.45, 7) is 10.7. The van der Waals surface area contributed by atoms with Gasteiger partial charge >= 0.3 is 0 Å². The maximum absolute atomic E-state index is 11.4. The van der Waals surface area contributed by atoms with Crippen LogP contribution >= 0.6 is 0 Å². The number of rotatable bonds is 4. The molecule has 0 spiro atoms. The highest BCUT2D eigenvalue weighted by Crippen LogP contribution is 2.20. The number of anilines is 1. The number of pyridine rings is 1. The van der Waals surface area contributed by atoms with Gasteiger partial charge in [-0.25, -0.2) is 0 Å². The molecule has 1 fully saturated rings. The number of aromatic nitrogens is 1. The Morgan fingerprint density at radius 3 is 2.95 bits per heavy atom. The van der Waals surface area contributed by atoms with Gasteiger partial charge in [-0.3, -0.25) is 4.79 Å². The Bertz CT molecular complexity index is 455. The number of piperidine rings is 1. The van der Waals surface area contributed by atoms with E-state index in [0.717, 1.165) is 30.0 Å². The topological polar surface area (TPSA) is 48.1 Å². The quantitative estimate of drug-likeness (QED) is 0.875. The van der Waals surface area contributed by atoms with Gasteiger partial charge in [-0.15, -0.1) is 0 Å². The van der Waals surface area contributed by atoms with Crippen LogP contribution in [0.15, 0.2) is 10.9 Å². The SMILES string of the molecule is CCN1CCCC(CNc2c(C)cc(=O)[nH]c2C)C1. The predicted molar refractivity (Wildman–Crippen MR) is 79.9 cm³/mol. The van der Waals surface area contributed by atoms with Crippen LogP contribution < -0.4 is 10.9 Å². The van der Waals surface area contributed by atoms with Crippen molar-refractivity contribution in [2.24, 2.45) is 5.92 Å². The number of aromatic amines is 1. The molecule has 4 heteroatoms. The van der Waals surface area contributed by atoms with Crippen LogP contribution in [-0.2, 0) is 0 Å². The Labute approximate surface area is 115 Å². The van der Waals surface area contributed by atoms with Gasteiger partial charge in [-0.05, 0) is 51.3 Å². The van der Waals surface area contributed by atoms with Crippen molar-refractivity contribution in [3.63, 3.8) is 0 Å². The molecular formula is C15H25N3O. The Hall–Kier alpha value is -1.29. The van der Waals surface area contributed by atoms with Gasteiger partial charge in [-0.2, -0.15) is 0 Å². The second-order valence-corrected chi connectivity index (χ2v) is 5.60. The van der Waals surface area contributed by atoms with Gasteiger partial charge in [0.25, 0.3) is 0 Å². The van der Waals surface area contributed by atoms with Crippen LogP contribution in [0.1, 0.15) is 31.0 Å². The van der Waals surface area contributed by atoms with Gasteiger partial charge in [0.05, 0.1) is 5.69 Å². The zero-order chi connectivity index (χ0) is 13.8. The van der Waals surface area contributed by atoms with Crippen LogP contribution in [0.25, 0.3) is 0 Å². The number of H-pyrrole nitrogens is 1. The fourth-order valence-electron chi connectivity index (χ4n) is 2.97. The molecule has 0 aliphatic carbocycles. The Balaban J connectivity index is 1.97. The molecule has 1 aliphatic heterocycles. The summed E-state index contributed by atoms with van der Waals surface area (Å²) < 4.78 is 0.